The van der Waals surface area contributed by atoms with Gasteiger partial charge in [0.15, 0.2) is 0 Å². The van der Waals surface area contributed by atoms with Crippen LogP contribution in [0.25, 0.3) is 11.4 Å². The van der Waals surface area contributed by atoms with Crippen LogP contribution in [0.15, 0.2) is 57.9 Å². The third-order valence-electron chi connectivity index (χ3n) is 5.29. The lowest BCUT2D eigenvalue weighted by Gasteiger charge is -2.29. The molecule has 0 saturated carbocycles. The Hall–Kier alpha value is -2.51. The van der Waals surface area contributed by atoms with E-state index in [-0.39, 0.29) is 5.92 Å². The molecule has 146 valence electrons. The van der Waals surface area contributed by atoms with Gasteiger partial charge in [-0.2, -0.15) is 9.29 Å². The number of hydrogen-bond acceptors (Lipinski definition) is 5. The Bertz CT molecular complexity index is 1070. The van der Waals surface area contributed by atoms with Crippen molar-refractivity contribution in [3.8, 4) is 11.4 Å². The van der Waals surface area contributed by atoms with Gasteiger partial charge in [-0.25, -0.2) is 8.42 Å². The molecule has 1 aliphatic heterocycles. The standard InChI is InChI=1S/C21H23N3O3S/c1-15-7-9-18(10-8-15)28(25,26)24-13-11-17(12-14-24)21-22-20(23-27-21)19-6-4-3-5-16(19)2/h3-10,17H,11-14H2,1-2H3. The van der Waals surface area contributed by atoms with Crippen molar-refractivity contribution in [1.82, 2.24) is 14.4 Å². The van der Waals surface area contributed by atoms with Gasteiger partial charge in [-0.15, -0.1) is 0 Å². The van der Waals surface area contributed by atoms with Crippen LogP contribution in [0.2, 0.25) is 0 Å². The topological polar surface area (TPSA) is 76.3 Å². The van der Waals surface area contributed by atoms with Crippen LogP contribution in [0, 0.1) is 13.8 Å². The molecule has 0 amide bonds. The summed E-state index contributed by atoms with van der Waals surface area (Å²) < 4.78 is 32.7. The van der Waals surface area contributed by atoms with Gasteiger partial charge in [0.05, 0.1) is 4.90 Å². The molecule has 3 aromatic rings. The molecule has 28 heavy (non-hydrogen) atoms. The van der Waals surface area contributed by atoms with Gasteiger partial charge in [0, 0.05) is 24.6 Å². The van der Waals surface area contributed by atoms with Crippen molar-refractivity contribution in [1.29, 1.82) is 0 Å². The molecule has 0 atom stereocenters. The second-order valence-corrected chi connectivity index (χ2v) is 9.20. The molecule has 0 bridgehead atoms. The van der Waals surface area contributed by atoms with Crippen LogP contribution in [0.3, 0.4) is 0 Å². The minimum absolute atomic E-state index is 0.0785. The zero-order valence-electron chi connectivity index (χ0n) is 16.0. The molecule has 0 unspecified atom stereocenters. The van der Waals surface area contributed by atoms with E-state index in [9.17, 15) is 8.42 Å². The maximum atomic E-state index is 12.8. The Morgan fingerprint density at radius 3 is 2.36 bits per heavy atom. The number of sulfonamides is 1. The van der Waals surface area contributed by atoms with Gasteiger partial charge in [0.25, 0.3) is 0 Å². The van der Waals surface area contributed by atoms with Gasteiger partial charge in [-0.1, -0.05) is 47.1 Å². The Morgan fingerprint density at radius 1 is 1.00 bits per heavy atom. The second kappa shape index (κ2) is 7.48. The summed E-state index contributed by atoms with van der Waals surface area (Å²) in [5, 5.41) is 4.13. The van der Waals surface area contributed by atoms with Gasteiger partial charge in [0.2, 0.25) is 21.7 Å². The van der Waals surface area contributed by atoms with Gasteiger partial charge < -0.3 is 4.52 Å². The van der Waals surface area contributed by atoms with Crippen molar-refractivity contribution in [2.45, 2.75) is 37.5 Å². The van der Waals surface area contributed by atoms with E-state index in [0.717, 1.165) is 16.7 Å². The molecule has 0 aliphatic carbocycles. The monoisotopic (exact) mass is 397 g/mol. The summed E-state index contributed by atoms with van der Waals surface area (Å²) in [6, 6.07) is 14.9. The second-order valence-electron chi connectivity index (χ2n) is 7.26. The average Bonchev–Trinajstić information content (AvgIpc) is 3.19. The van der Waals surface area contributed by atoms with Crippen LogP contribution in [0.1, 0.15) is 35.8 Å². The molecule has 2 aromatic carbocycles. The van der Waals surface area contributed by atoms with Crippen LogP contribution in [0.5, 0.6) is 0 Å². The molecule has 0 N–H and O–H groups in total. The fourth-order valence-corrected chi connectivity index (χ4v) is 5.01. The molecule has 0 radical (unpaired) electrons. The molecule has 4 rings (SSSR count). The lowest BCUT2D eigenvalue weighted by atomic mass is 9.98. The van der Waals surface area contributed by atoms with E-state index in [4.69, 9.17) is 4.52 Å². The highest BCUT2D eigenvalue weighted by atomic mass is 32.2. The van der Waals surface area contributed by atoms with Crippen LogP contribution in [-0.4, -0.2) is 36.0 Å². The van der Waals surface area contributed by atoms with Gasteiger partial charge in [-0.05, 0) is 44.4 Å². The minimum atomic E-state index is -3.46. The van der Waals surface area contributed by atoms with E-state index in [1.807, 2.05) is 50.2 Å². The quantitative estimate of drug-likeness (QED) is 0.667. The molecule has 7 heteroatoms. The normalized spacial score (nSPS) is 16.4. The predicted molar refractivity (Wildman–Crippen MR) is 106 cm³/mol. The Balaban J connectivity index is 1.46. The molecular weight excluding hydrogens is 374 g/mol. The summed E-state index contributed by atoms with van der Waals surface area (Å²) in [7, 11) is -3.46. The molecular formula is C21H23N3O3S. The van der Waals surface area contributed by atoms with Gasteiger partial charge in [0.1, 0.15) is 0 Å². The summed E-state index contributed by atoms with van der Waals surface area (Å²) in [6.07, 6.45) is 1.33. The zero-order valence-corrected chi connectivity index (χ0v) is 16.8. The fourth-order valence-electron chi connectivity index (χ4n) is 3.54. The largest absolute Gasteiger partial charge is 0.339 e. The summed E-state index contributed by atoms with van der Waals surface area (Å²) in [5.41, 5.74) is 3.09. The van der Waals surface area contributed by atoms with E-state index >= 15 is 0 Å². The third kappa shape index (κ3) is 3.59. The van der Waals surface area contributed by atoms with Gasteiger partial charge >= 0.3 is 0 Å². The Kier molecular flexibility index (Phi) is 5.03. The van der Waals surface area contributed by atoms with Crippen LogP contribution >= 0.6 is 0 Å². The minimum Gasteiger partial charge on any atom is -0.339 e. The Labute approximate surface area is 165 Å². The summed E-state index contributed by atoms with van der Waals surface area (Å²) in [4.78, 5) is 4.92. The van der Waals surface area contributed by atoms with Crippen molar-refractivity contribution in [3.63, 3.8) is 0 Å². The molecule has 1 saturated heterocycles. The average molecular weight is 398 g/mol. The highest BCUT2D eigenvalue weighted by Gasteiger charge is 2.32. The highest BCUT2D eigenvalue weighted by Crippen LogP contribution is 2.31. The van der Waals surface area contributed by atoms with E-state index < -0.39 is 10.0 Å². The molecule has 2 heterocycles. The Morgan fingerprint density at radius 2 is 1.68 bits per heavy atom. The number of rotatable bonds is 4. The fraction of sp³-hybridized carbons (Fsp3) is 0.333. The van der Waals surface area contributed by atoms with Crippen LogP contribution < -0.4 is 0 Å². The molecule has 1 aromatic heterocycles. The van der Waals surface area contributed by atoms with Crippen molar-refractivity contribution < 1.29 is 12.9 Å². The number of benzene rings is 2. The molecule has 6 nitrogen and oxygen atoms in total. The third-order valence-corrected chi connectivity index (χ3v) is 7.20. The number of nitrogens with zero attached hydrogens (tertiary/aromatic N) is 3. The van der Waals surface area contributed by atoms with Crippen molar-refractivity contribution in [2.24, 2.45) is 0 Å². The van der Waals surface area contributed by atoms with E-state index in [0.29, 0.717) is 42.5 Å². The van der Waals surface area contributed by atoms with Crippen LogP contribution in [-0.2, 0) is 10.0 Å². The van der Waals surface area contributed by atoms with E-state index in [1.54, 1.807) is 16.4 Å². The number of hydrogen-bond donors (Lipinski definition) is 0. The molecule has 1 aliphatic rings. The predicted octanol–water partition coefficient (Wildman–Crippen LogP) is 3.92. The number of aromatic nitrogens is 2. The van der Waals surface area contributed by atoms with E-state index in [2.05, 4.69) is 10.1 Å². The zero-order chi connectivity index (χ0) is 19.7. The first-order chi connectivity index (χ1) is 13.4. The first-order valence-electron chi connectivity index (χ1n) is 9.41. The lowest BCUT2D eigenvalue weighted by molar-refractivity contribution is 0.271. The van der Waals surface area contributed by atoms with E-state index in [1.165, 1.54) is 0 Å². The van der Waals surface area contributed by atoms with Crippen molar-refractivity contribution in [3.05, 3.63) is 65.5 Å². The summed E-state index contributed by atoms with van der Waals surface area (Å²) in [6.45, 7) is 4.85. The summed E-state index contributed by atoms with van der Waals surface area (Å²) in [5.74, 6) is 1.25. The highest BCUT2D eigenvalue weighted by molar-refractivity contribution is 7.89. The SMILES string of the molecule is Cc1ccc(S(=O)(=O)N2CCC(c3nc(-c4ccccc4C)no3)CC2)cc1. The van der Waals surface area contributed by atoms with Gasteiger partial charge in [-0.3, -0.25) is 0 Å². The summed E-state index contributed by atoms with van der Waals surface area (Å²) >= 11 is 0. The smallest absolute Gasteiger partial charge is 0.243 e. The maximum absolute atomic E-state index is 12.8. The van der Waals surface area contributed by atoms with Crippen molar-refractivity contribution >= 4 is 10.0 Å². The first kappa shape index (κ1) is 18.8. The lowest BCUT2D eigenvalue weighted by Crippen LogP contribution is -2.37. The number of piperidine rings is 1. The van der Waals surface area contributed by atoms with Crippen LogP contribution in [0.4, 0.5) is 0 Å². The maximum Gasteiger partial charge on any atom is 0.243 e. The molecule has 0 spiro atoms. The first-order valence-corrected chi connectivity index (χ1v) is 10.9. The number of aryl methyl sites for hydroxylation is 2. The molecule has 1 fully saturated rings. The van der Waals surface area contributed by atoms with Crippen molar-refractivity contribution in [2.75, 3.05) is 13.1 Å².